The van der Waals surface area contributed by atoms with Gasteiger partial charge in [0.1, 0.15) is 0 Å². The molecular formula is C16H33NO. The molecule has 1 saturated carbocycles. The maximum atomic E-state index is 5.07. The second-order valence-electron chi connectivity index (χ2n) is 6.37. The fraction of sp³-hybridized carbons (Fsp3) is 1.00. The Morgan fingerprint density at radius 2 is 2.00 bits per heavy atom. The van der Waals surface area contributed by atoms with Gasteiger partial charge in [0.2, 0.25) is 0 Å². The summed E-state index contributed by atoms with van der Waals surface area (Å²) in [5.74, 6) is 1.84. The van der Waals surface area contributed by atoms with Crippen LogP contribution in [0.1, 0.15) is 65.2 Å². The average molecular weight is 255 g/mol. The zero-order valence-electron chi connectivity index (χ0n) is 12.7. The summed E-state index contributed by atoms with van der Waals surface area (Å²) in [5.41, 5.74) is 0. The Morgan fingerprint density at radius 3 is 2.72 bits per heavy atom. The first-order valence-electron chi connectivity index (χ1n) is 7.94. The summed E-state index contributed by atoms with van der Waals surface area (Å²) in [6, 6.07) is 0.796. The minimum Gasteiger partial charge on any atom is -0.385 e. The number of methoxy groups -OCH3 is 1. The van der Waals surface area contributed by atoms with E-state index in [1.165, 1.54) is 57.9 Å². The minimum atomic E-state index is 0.796. The number of hydrogen-bond donors (Lipinski definition) is 1. The number of ether oxygens (including phenoxy) is 1. The van der Waals surface area contributed by atoms with E-state index in [0.29, 0.717) is 0 Å². The van der Waals surface area contributed by atoms with Gasteiger partial charge in [-0.1, -0.05) is 26.7 Å². The van der Waals surface area contributed by atoms with Crippen LogP contribution in [0.5, 0.6) is 0 Å². The van der Waals surface area contributed by atoms with Crippen LogP contribution >= 0.6 is 0 Å². The van der Waals surface area contributed by atoms with Gasteiger partial charge in [-0.3, -0.25) is 0 Å². The molecule has 0 spiro atoms. The molecule has 2 nitrogen and oxygen atoms in total. The van der Waals surface area contributed by atoms with Gasteiger partial charge in [-0.25, -0.2) is 0 Å². The third kappa shape index (κ3) is 7.38. The minimum absolute atomic E-state index is 0.796. The highest BCUT2D eigenvalue weighted by Gasteiger charge is 2.21. The van der Waals surface area contributed by atoms with Crippen molar-refractivity contribution < 1.29 is 4.74 Å². The molecule has 0 aromatic carbocycles. The van der Waals surface area contributed by atoms with Crippen LogP contribution in [0.25, 0.3) is 0 Å². The molecule has 0 heterocycles. The molecule has 2 unspecified atom stereocenters. The van der Waals surface area contributed by atoms with Crippen molar-refractivity contribution in [2.45, 2.75) is 71.3 Å². The topological polar surface area (TPSA) is 21.3 Å². The lowest BCUT2D eigenvalue weighted by Gasteiger charge is -2.31. The fourth-order valence-electron chi connectivity index (χ4n) is 3.21. The van der Waals surface area contributed by atoms with Crippen molar-refractivity contribution in [3.8, 4) is 0 Å². The molecule has 1 aliphatic carbocycles. The Bertz CT molecular complexity index is 194. The van der Waals surface area contributed by atoms with Crippen molar-refractivity contribution in [1.82, 2.24) is 5.32 Å². The first-order valence-corrected chi connectivity index (χ1v) is 7.94. The standard InChI is InChI=1S/C16H33NO/c1-14(2)12-15-8-7-9-16(13-15)17-10-5-4-6-11-18-3/h14-17H,4-13H2,1-3H3. The molecule has 2 atom stereocenters. The van der Waals surface area contributed by atoms with E-state index in [1.807, 2.05) is 0 Å². The van der Waals surface area contributed by atoms with Crippen molar-refractivity contribution in [2.75, 3.05) is 20.3 Å². The first-order chi connectivity index (χ1) is 8.72. The van der Waals surface area contributed by atoms with Gasteiger partial charge < -0.3 is 10.1 Å². The molecule has 0 aliphatic heterocycles. The number of hydrogen-bond acceptors (Lipinski definition) is 2. The molecule has 0 aromatic rings. The van der Waals surface area contributed by atoms with Gasteiger partial charge in [0.05, 0.1) is 0 Å². The molecule has 1 N–H and O–H groups in total. The van der Waals surface area contributed by atoms with E-state index in [-0.39, 0.29) is 0 Å². The molecule has 2 heteroatoms. The van der Waals surface area contributed by atoms with E-state index in [1.54, 1.807) is 7.11 Å². The second kappa shape index (κ2) is 9.80. The monoisotopic (exact) mass is 255 g/mol. The second-order valence-corrected chi connectivity index (χ2v) is 6.37. The summed E-state index contributed by atoms with van der Waals surface area (Å²) in [7, 11) is 1.79. The Morgan fingerprint density at radius 1 is 1.17 bits per heavy atom. The SMILES string of the molecule is COCCCCCNC1CCCC(CC(C)C)C1. The molecule has 1 rings (SSSR count). The lowest BCUT2D eigenvalue weighted by atomic mass is 9.81. The summed E-state index contributed by atoms with van der Waals surface area (Å²) < 4.78 is 5.07. The lowest BCUT2D eigenvalue weighted by molar-refractivity contribution is 0.191. The van der Waals surface area contributed by atoms with Crippen LogP contribution in [0.4, 0.5) is 0 Å². The third-order valence-electron chi connectivity index (χ3n) is 4.05. The Kier molecular flexibility index (Phi) is 8.70. The maximum Gasteiger partial charge on any atom is 0.0462 e. The molecule has 18 heavy (non-hydrogen) atoms. The van der Waals surface area contributed by atoms with Crippen LogP contribution in [0.3, 0.4) is 0 Å². The van der Waals surface area contributed by atoms with Gasteiger partial charge in [0, 0.05) is 19.8 Å². The highest BCUT2D eigenvalue weighted by atomic mass is 16.5. The lowest BCUT2D eigenvalue weighted by Crippen LogP contribution is -2.35. The average Bonchev–Trinajstić information content (AvgIpc) is 2.33. The smallest absolute Gasteiger partial charge is 0.0462 e. The third-order valence-corrected chi connectivity index (χ3v) is 4.05. The Labute approximate surface area is 114 Å². The molecule has 0 amide bonds. The fourth-order valence-corrected chi connectivity index (χ4v) is 3.21. The van der Waals surface area contributed by atoms with Gasteiger partial charge in [0.25, 0.3) is 0 Å². The first kappa shape index (κ1) is 16.0. The van der Waals surface area contributed by atoms with Crippen molar-refractivity contribution in [3.63, 3.8) is 0 Å². The van der Waals surface area contributed by atoms with Crippen LogP contribution in [0, 0.1) is 11.8 Å². The predicted octanol–water partition coefficient (Wildman–Crippen LogP) is 4.00. The van der Waals surface area contributed by atoms with Gasteiger partial charge in [-0.15, -0.1) is 0 Å². The van der Waals surface area contributed by atoms with Crippen LogP contribution in [-0.4, -0.2) is 26.3 Å². The van der Waals surface area contributed by atoms with Crippen LogP contribution in [-0.2, 0) is 4.74 Å². The molecule has 0 radical (unpaired) electrons. The van der Waals surface area contributed by atoms with Gasteiger partial charge in [0.15, 0.2) is 0 Å². The number of nitrogens with one attached hydrogen (secondary N) is 1. The molecular weight excluding hydrogens is 222 g/mol. The largest absolute Gasteiger partial charge is 0.385 e. The van der Waals surface area contributed by atoms with E-state index in [4.69, 9.17) is 4.74 Å². The van der Waals surface area contributed by atoms with Crippen molar-refractivity contribution in [3.05, 3.63) is 0 Å². The molecule has 0 saturated heterocycles. The van der Waals surface area contributed by atoms with Crippen molar-refractivity contribution in [2.24, 2.45) is 11.8 Å². The Hall–Kier alpha value is -0.0800. The summed E-state index contributed by atoms with van der Waals surface area (Å²) in [5, 5.41) is 3.76. The number of unbranched alkanes of at least 4 members (excludes halogenated alkanes) is 2. The van der Waals surface area contributed by atoms with E-state index in [2.05, 4.69) is 19.2 Å². The van der Waals surface area contributed by atoms with Crippen LogP contribution < -0.4 is 5.32 Å². The van der Waals surface area contributed by atoms with Crippen LogP contribution in [0.15, 0.2) is 0 Å². The molecule has 0 bridgehead atoms. The summed E-state index contributed by atoms with van der Waals surface area (Å²) in [6.45, 7) is 6.82. The van der Waals surface area contributed by atoms with Gasteiger partial charge in [-0.05, 0) is 56.9 Å². The summed E-state index contributed by atoms with van der Waals surface area (Å²) >= 11 is 0. The van der Waals surface area contributed by atoms with E-state index >= 15 is 0 Å². The molecule has 108 valence electrons. The van der Waals surface area contributed by atoms with Crippen molar-refractivity contribution >= 4 is 0 Å². The molecule has 1 aliphatic rings. The maximum absolute atomic E-state index is 5.07. The zero-order chi connectivity index (χ0) is 13.2. The molecule has 1 fully saturated rings. The van der Waals surface area contributed by atoms with E-state index in [9.17, 15) is 0 Å². The predicted molar refractivity (Wildman–Crippen MR) is 78.9 cm³/mol. The zero-order valence-corrected chi connectivity index (χ0v) is 12.7. The van der Waals surface area contributed by atoms with Gasteiger partial charge in [-0.2, -0.15) is 0 Å². The van der Waals surface area contributed by atoms with Crippen molar-refractivity contribution in [1.29, 1.82) is 0 Å². The molecule has 0 aromatic heterocycles. The quantitative estimate of drug-likeness (QED) is 0.629. The highest BCUT2D eigenvalue weighted by molar-refractivity contribution is 4.78. The van der Waals surface area contributed by atoms with Gasteiger partial charge >= 0.3 is 0 Å². The summed E-state index contributed by atoms with van der Waals surface area (Å²) in [4.78, 5) is 0. The van der Waals surface area contributed by atoms with E-state index in [0.717, 1.165) is 24.5 Å². The summed E-state index contributed by atoms with van der Waals surface area (Å²) in [6.07, 6.45) is 10.9. The van der Waals surface area contributed by atoms with Crippen LogP contribution in [0.2, 0.25) is 0 Å². The highest BCUT2D eigenvalue weighted by Crippen LogP contribution is 2.29. The number of rotatable bonds is 9. The Balaban J connectivity index is 2.03. The normalized spacial score (nSPS) is 24.7. The van der Waals surface area contributed by atoms with E-state index < -0.39 is 0 Å².